The number of aliphatic hydroxyl groups is 2. The van der Waals surface area contributed by atoms with Crippen molar-refractivity contribution >= 4 is 0 Å². The lowest BCUT2D eigenvalue weighted by Crippen LogP contribution is -2.46. The number of rotatable bonds is 12. The highest BCUT2D eigenvalue weighted by molar-refractivity contribution is 5.43. The Kier molecular flexibility index (Phi) is 10.1. The van der Waals surface area contributed by atoms with Crippen molar-refractivity contribution in [1.82, 2.24) is 10.2 Å². The molecule has 0 amide bonds. The van der Waals surface area contributed by atoms with E-state index >= 15 is 0 Å². The summed E-state index contributed by atoms with van der Waals surface area (Å²) in [6.45, 7) is 7.23. The molecule has 4 atom stereocenters. The minimum Gasteiger partial charge on any atom is -0.493 e. The highest BCUT2D eigenvalue weighted by Gasteiger charge is 2.34. The number of nitrogens with zero attached hydrogens (tertiary/aromatic N) is 1. The van der Waals surface area contributed by atoms with E-state index in [4.69, 9.17) is 14.2 Å². The van der Waals surface area contributed by atoms with E-state index in [0.717, 1.165) is 44.3 Å². The molecule has 0 bridgehead atoms. The first-order valence-corrected chi connectivity index (χ1v) is 12.2. The molecular weight excluding hydrogens is 408 g/mol. The number of aliphatic hydroxyl groups excluding tert-OH is 2. The third-order valence-corrected chi connectivity index (χ3v) is 6.48. The van der Waals surface area contributed by atoms with Crippen molar-refractivity contribution in [1.29, 1.82) is 0 Å². The Hall–Kier alpha value is -1.38. The molecule has 0 spiro atoms. The van der Waals surface area contributed by atoms with Crippen LogP contribution < -0.4 is 14.8 Å². The normalized spacial score (nSPS) is 25.2. The minimum atomic E-state index is -0.574. The largest absolute Gasteiger partial charge is 0.493 e. The predicted molar refractivity (Wildman–Crippen MR) is 126 cm³/mol. The van der Waals surface area contributed by atoms with Crippen LogP contribution in [0.15, 0.2) is 18.2 Å². The fourth-order valence-corrected chi connectivity index (χ4v) is 4.69. The molecule has 3 N–H and O–H groups in total. The molecule has 2 unspecified atom stereocenters. The van der Waals surface area contributed by atoms with Gasteiger partial charge in [-0.15, -0.1) is 0 Å². The zero-order chi connectivity index (χ0) is 22.9. The van der Waals surface area contributed by atoms with Gasteiger partial charge in [0.05, 0.1) is 25.9 Å². The molecule has 0 radical (unpaired) electrons. The van der Waals surface area contributed by atoms with E-state index in [-0.39, 0.29) is 18.8 Å². The maximum Gasteiger partial charge on any atom is 0.161 e. The van der Waals surface area contributed by atoms with Crippen LogP contribution in [-0.2, 0) is 11.2 Å². The zero-order valence-electron chi connectivity index (χ0n) is 20.0. The highest BCUT2D eigenvalue weighted by Crippen LogP contribution is 2.30. The smallest absolute Gasteiger partial charge is 0.161 e. The summed E-state index contributed by atoms with van der Waals surface area (Å²) in [5.41, 5.74) is 1.14. The molecule has 3 rings (SSSR count). The molecule has 7 heteroatoms. The molecule has 1 aromatic carbocycles. The van der Waals surface area contributed by atoms with E-state index in [1.807, 2.05) is 32.0 Å². The minimum absolute atomic E-state index is 0.182. The quantitative estimate of drug-likeness (QED) is 0.451. The number of benzene rings is 1. The number of methoxy groups -OCH3 is 1. The molecule has 1 aliphatic heterocycles. The van der Waals surface area contributed by atoms with E-state index in [1.165, 1.54) is 12.8 Å². The van der Waals surface area contributed by atoms with Crippen molar-refractivity contribution in [3.05, 3.63) is 23.8 Å². The van der Waals surface area contributed by atoms with E-state index in [1.54, 1.807) is 7.11 Å². The van der Waals surface area contributed by atoms with E-state index < -0.39 is 6.10 Å². The van der Waals surface area contributed by atoms with Crippen LogP contribution in [0, 0.1) is 0 Å². The Morgan fingerprint density at radius 2 is 1.97 bits per heavy atom. The Balaban J connectivity index is 1.47. The predicted octanol–water partition coefficient (Wildman–Crippen LogP) is 2.37. The first-order valence-electron chi connectivity index (χ1n) is 12.2. The van der Waals surface area contributed by atoms with E-state index in [2.05, 4.69) is 10.2 Å². The number of hydrogen-bond donors (Lipinski definition) is 3. The van der Waals surface area contributed by atoms with Gasteiger partial charge in [0.15, 0.2) is 11.5 Å². The van der Waals surface area contributed by atoms with Crippen LogP contribution in [-0.4, -0.2) is 85.5 Å². The second-order valence-corrected chi connectivity index (χ2v) is 9.46. The van der Waals surface area contributed by atoms with Gasteiger partial charge >= 0.3 is 0 Å². The van der Waals surface area contributed by atoms with Gasteiger partial charge in [-0.05, 0) is 43.4 Å². The highest BCUT2D eigenvalue weighted by atomic mass is 16.5. The number of β-amino-alcohol motifs (C(OH)–C–C–N with tert-alkyl or cyclic N) is 1. The third kappa shape index (κ3) is 7.59. The fourth-order valence-electron chi connectivity index (χ4n) is 4.69. The number of hydrogen-bond acceptors (Lipinski definition) is 7. The van der Waals surface area contributed by atoms with Gasteiger partial charge in [-0.2, -0.15) is 0 Å². The van der Waals surface area contributed by atoms with Gasteiger partial charge in [-0.25, -0.2) is 0 Å². The second kappa shape index (κ2) is 12.8. The summed E-state index contributed by atoms with van der Waals surface area (Å²) in [7, 11) is 1.64. The lowest BCUT2D eigenvalue weighted by Gasteiger charge is -2.37. The molecule has 1 saturated heterocycles. The monoisotopic (exact) mass is 450 g/mol. The topological polar surface area (TPSA) is 83.4 Å². The lowest BCUT2D eigenvalue weighted by atomic mass is 9.91. The molecule has 182 valence electrons. The zero-order valence-corrected chi connectivity index (χ0v) is 20.0. The van der Waals surface area contributed by atoms with Gasteiger partial charge < -0.3 is 29.7 Å². The van der Waals surface area contributed by atoms with Gasteiger partial charge in [0.2, 0.25) is 0 Å². The average molecular weight is 451 g/mol. The van der Waals surface area contributed by atoms with Crippen molar-refractivity contribution in [3.8, 4) is 11.5 Å². The van der Waals surface area contributed by atoms with Crippen molar-refractivity contribution in [2.45, 2.75) is 82.8 Å². The molecule has 0 aromatic heterocycles. The lowest BCUT2D eigenvalue weighted by molar-refractivity contribution is -0.0316. The van der Waals surface area contributed by atoms with Gasteiger partial charge in [0.25, 0.3) is 0 Å². The van der Waals surface area contributed by atoms with Crippen molar-refractivity contribution in [2.24, 2.45) is 0 Å². The van der Waals surface area contributed by atoms with Crippen molar-refractivity contribution in [2.75, 3.05) is 40.0 Å². The van der Waals surface area contributed by atoms with Crippen LogP contribution in [0.1, 0.15) is 51.5 Å². The van der Waals surface area contributed by atoms with Crippen LogP contribution >= 0.6 is 0 Å². The maximum atomic E-state index is 10.1. The molecular formula is C25H42N2O5. The van der Waals surface area contributed by atoms with Gasteiger partial charge in [-0.3, -0.25) is 4.90 Å². The Morgan fingerprint density at radius 3 is 2.69 bits per heavy atom. The summed E-state index contributed by atoms with van der Waals surface area (Å²) in [5.74, 6) is 1.31. The number of likely N-dealkylation sites (tertiary alicyclic amines) is 1. The van der Waals surface area contributed by atoms with Crippen LogP contribution in [0.5, 0.6) is 11.5 Å². The maximum absolute atomic E-state index is 10.1. The van der Waals surface area contributed by atoms with Crippen LogP contribution in [0.25, 0.3) is 0 Å². The molecule has 1 saturated carbocycles. The summed E-state index contributed by atoms with van der Waals surface area (Å²) in [6.07, 6.45) is 5.91. The summed E-state index contributed by atoms with van der Waals surface area (Å²) >= 11 is 0. The molecule has 32 heavy (non-hydrogen) atoms. The summed E-state index contributed by atoms with van der Waals surface area (Å²) in [6, 6.07) is 6.70. The Morgan fingerprint density at radius 1 is 1.16 bits per heavy atom. The molecule has 1 heterocycles. The Bertz CT molecular complexity index is 686. The van der Waals surface area contributed by atoms with Crippen molar-refractivity contribution in [3.63, 3.8) is 0 Å². The fraction of sp³-hybridized carbons (Fsp3) is 0.760. The van der Waals surface area contributed by atoms with Crippen LogP contribution in [0.2, 0.25) is 0 Å². The van der Waals surface area contributed by atoms with Gasteiger partial charge in [0, 0.05) is 31.7 Å². The van der Waals surface area contributed by atoms with Crippen LogP contribution in [0.4, 0.5) is 0 Å². The molecule has 2 fully saturated rings. The number of nitrogens with one attached hydrogen (secondary N) is 1. The Labute approximate surface area is 193 Å². The molecule has 1 aliphatic carbocycles. The SMILES string of the molecule is COc1cc(CCO[C@@H]2CCCC[C@@H]2N2CCC(O)C2)ccc1OCC(O)CNC(C)C. The van der Waals surface area contributed by atoms with E-state index in [9.17, 15) is 10.2 Å². The summed E-state index contributed by atoms with van der Waals surface area (Å²) < 4.78 is 17.6. The number of ether oxygens (including phenoxy) is 3. The van der Waals surface area contributed by atoms with Gasteiger partial charge in [-0.1, -0.05) is 32.8 Å². The first kappa shape index (κ1) is 25.2. The van der Waals surface area contributed by atoms with Crippen molar-refractivity contribution < 1.29 is 24.4 Å². The molecule has 7 nitrogen and oxygen atoms in total. The molecule has 1 aromatic rings. The average Bonchev–Trinajstić information content (AvgIpc) is 3.23. The van der Waals surface area contributed by atoms with E-state index in [0.29, 0.717) is 36.7 Å². The standard InChI is InChI=1S/C25H42N2O5/c1-18(2)26-15-21(29)17-32-24-9-8-19(14-25(24)30-3)11-13-31-23-7-5-4-6-22(23)27-12-10-20(28)16-27/h8-9,14,18,20-23,26,28-29H,4-7,10-13,15-17H2,1-3H3/t20?,21?,22-,23+/m0/s1. The third-order valence-electron chi connectivity index (χ3n) is 6.48. The summed E-state index contributed by atoms with van der Waals surface area (Å²) in [4.78, 5) is 2.43. The molecule has 2 aliphatic rings. The second-order valence-electron chi connectivity index (χ2n) is 9.46. The van der Waals surface area contributed by atoms with Gasteiger partial charge in [0.1, 0.15) is 12.7 Å². The summed E-state index contributed by atoms with van der Waals surface area (Å²) in [5, 5.41) is 23.2. The van der Waals surface area contributed by atoms with Crippen LogP contribution in [0.3, 0.4) is 0 Å². The first-order chi connectivity index (χ1) is 15.5.